The number of anilines is 1. The number of halogens is 2. The summed E-state index contributed by atoms with van der Waals surface area (Å²) in [6, 6.07) is 11.8. The predicted octanol–water partition coefficient (Wildman–Crippen LogP) is 3.65. The van der Waals surface area contributed by atoms with Crippen LogP contribution in [0.5, 0.6) is 11.5 Å². The molecule has 9 heteroatoms. The molecule has 3 rings (SSSR count). The summed E-state index contributed by atoms with van der Waals surface area (Å²) in [6.45, 7) is -0.396. The average Bonchev–Trinajstić information content (AvgIpc) is 3.54. The van der Waals surface area contributed by atoms with Gasteiger partial charge in [-0.1, -0.05) is 12.1 Å². The Labute approximate surface area is 185 Å². The topological polar surface area (TPSA) is 79.9 Å². The normalized spacial score (nSPS) is 13.2. The minimum Gasteiger partial charge on any atom is -0.490 e. The summed E-state index contributed by atoms with van der Waals surface area (Å²) in [6.07, 6.45) is 2.01. The van der Waals surface area contributed by atoms with E-state index in [-0.39, 0.29) is 35.9 Å². The molecule has 0 bridgehead atoms. The first kappa shape index (κ1) is 23.5. The lowest BCUT2D eigenvalue weighted by Gasteiger charge is -2.18. The summed E-state index contributed by atoms with van der Waals surface area (Å²) in [5.74, 6) is -0.193. The molecule has 1 aliphatic rings. The second kappa shape index (κ2) is 10.9. The van der Waals surface area contributed by atoms with Crippen molar-refractivity contribution < 1.29 is 27.8 Å². The number of nitrogens with zero attached hydrogens (tertiary/aromatic N) is 1. The van der Waals surface area contributed by atoms with Crippen LogP contribution in [-0.2, 0) is 11.3 Å². The highest BCUT2D eigenvalue weighted by molar-refractivity contribution is 5.97. The summed E-state index contributed by atoms with van der Waals surface area (Å²) < 4.78 is 35.0. The van der Waals surface area contributed by atoms with Crippen molar-refractivity contribution in [2.75, 3.05) is 25.5 Å². The Bertz CT molecular complexity index is 951. The summed E-state index contributed by atoms with van der Waals surface area (Å²) >= 11 is 0. The Hall–Kier alpha value is -3.20. The highest BCUT2D eigenvalue weighted by Crippen LogP contribution is 2.30. The number of hydrogen-bond donors (Lipinski definition) is 2. The van der Waals surface area contributed by atoms with Crippen molar-refractivity contribution in [3.05, 3.63) is 53.6 Å². The molecule has 2 amide bonds. The van der Waals surface area contributed by atoms with Gasteiger partial charge in [0.15, 0.2) is 11.5 Å². The van der Waals surface area contributed by atoms with Gasteiger partial charge in [-0.2, -0.15) is 8.78 Å². The molecule has 0 saturated heterocycles. The predicted molar refractivity (Wildman–Crippen MR) is 116 cm³/mol. The SMILES string of the molecule is CCOc1cc(CN(C)CC(=O)Nc2cccc(C(=O)NC3CC3)c2)ccc1OC(F)F. The van der Waals surface area contributed by atoms with E-state index in [4.69, 9.17) is 4.74 Å². The van der Waals surface area contributed by atoms with E-state index in [0.717, 1.165) is 18.4 Å². The van der Waals surface area contributed by atoms with Crippen molar-refractivity contribution in [3.8, 4) is 11.5 Å². The summed E-state index contributed by atoms with van der Waals surface area (Å²) in [5.41, 5.74) is 1.82. The van der Waals surface area contributed by atoms with Crippen molar-refractivity contribution in [2.45, 2.75) is 39.0 Å². The van der Waals surface area contributed by atoms with Crippen molar-refractivity contribution >= 4 is 17.5 Å². The zero-order valence-corrected chi connectivity index (χ0v) is 18.1. The number of carbonyl (C=O) groups is 2. The number of ether oxygens (including phenoxy) is 2. The fourth-order valence-electron chi connectivity index (χ4n) is 3.16. The lowest BCUT2D eigenvalue weighted by molar-refractivity contribution is -0.117. The van der Waals surface area contributed by atoms with E-state index in [1.54, 1.807) is 55.3 Å². The number of nitrogens with one attached hydrogen (secondary N) is 2. The van der Waals surface area contributed by atoms with Crippen LogP contribution in [0.15, 0.2) is 42.5 Å². The molecule has 0 heterocycles. The number of rotatable bonds is 11. The van der Waals surface area contributed by atoms with Gasteiger partial charge in [-0.25, -0.2) is 0 Å². The van der Waals surface area contributed by atoms with Gasteiger partial charge >= 0.3 is 6.61 Å². The van der Waals surface area contributed by atoms with E-state index >= 15 is 0 Å². The molecule has 0 spiro atoms. The van der Waals surface area contributed by atoms with E-state index in [9.17, 15) is 18.4 Å². The van der Waals surface area contributed by atoms with E-state index in [1.165, 1.54) is 6.07 Å². The van der Waals surface area contributed by atoms with Gasteiger partial charge in [0.1, 0.15) is 0 Å². The molecule has 0 unspecified atom stereocenters. The maximum Gasteiger partial charge on any atom is 0.387 e. The minimum absolute atomic E-state index is 0.0309. The number of benzene rings is 2. The standard InChI is InChI=1S/C23H27F2N3O4/c1-3-31-20-11-15(7-10-19(20)32-23(24)25)13-28(2)14-21(29)26-18-6-4-5-16(12-18)22(30)27-17-8-9-17/h4-7,10-12,17,23H,3,8-9,13-14H2,1-2H3,(H,26,29)(H,27,30). The zero-order chi connectivity index (χ0) is 23.1. The summed E-state index contributed by atoms with van der Waals surface area (Å²) in [5, 5.41) is 5.71. The Kier molecular flexibility index (Phi) is 7.99. The van der Waals surface area contributed by atoms with Gasteiger partial charge in [0.05, 0.1) is 13.2 Å². The quantitative estimate of drug-likeness (QED) is 0.550. The van der Waals surface area contributed by atoms with Gasteiger partial charge in [-0.15, -0.1) is 0 Å². The van der Waals surface area contributed by atoms with Crippen molar-refractivity contribution in [1.82, 2.24) is 10.2 Å². The van der Waals surface area contributed by atoms with Gasteiger partial charge in [-0.05, 0) is 62.7 Å². The van der Waals surface area contributed by atoms with Crippen molar-refractivity contribution in [2.24, 2.45) is 0 Å². The van der Waals surface area contributed by atoms with Gasteiger partial charge in [0.25, 0.3) is 5.91 Å². The second-order valence-electron chi connectivity index (χ2n) is 7.64. The molecule has 1 saturated carbocycles. The Morgan fingerprint density at radius 2 is 1.94 bits per heavy atom. The molecule has 0 radical (unpaired) electrons. The first-order valence-electron chi connectivity index (χ1n) is 10.4. The first-order valence-corrected chi connectivity index (χ1v) is 10.4. The maximum absolute atomic E-state index is 12.5. The van der Waals surface area contributed by atoms with Crippen LogP contribution in [-0.4, -0.2) is 49.6 Å². The lowest BCUT2D eigenvalue weighted by Crippen LogP contribution is -2.30. The molecular weight excluding hydrogens is 420 g/mol. The van der Waals surface area contributed by atoms with E-state index < -0.39 is 6.61 Å². The molecule has 1 aliphatic carbocycles. The van der Waals surface area contributed by atoms with Crippen LogP contribution >= 0.6 is 0 Å². The molecule has 0 aliphatic heterocycles. The van der Waals surface area contributed by atoms with E-state index in [1.807, 2.05) is 0 Å². The number of hydrogen-bond acceptors (Lipinski definition) is 5. The van der Waals surface area contributed by atoms with Gasteiger partial charge in [-0.3, -0.25) is 14.5 Å². The Morgan fingerprint density at radius 1 is 1.16 bits per heavy atom. The van der Waals surface area contributed by atoms with Crippen LogP contribution in [0.2, 0.25) is 0 Å². The highest BCUT2D eigenvalue weighted by atomic mass is 19.3. The van der Waals surface area contributed by atoms with Crippen LogP contribution < -0.4 is 20.1 Å². The molecule has 2 aromatic carbocycles. The lowest BCUT2D eigenvalue weighted by atomic mass is 10.2. The first-order chi connectivity index (χ1) is 15.3. The van der Waals surface area contributed by atoms with Crippen LogP contribution in [0.3, 0.4) is 0 Å². The molecule has 0 aromatic heterocycles. The molecule has 0 atom stereocenters. The van der Waals surface area contributed by atoms with Crippen LogP contribution in [0.4, 0.5) is 14.5 Å². The highest BCUT2D eigenvalue weighted by Gasteiger charge is 2.23. The molecule has 172 valence electrons. The molecule has 32 heavy (non-hydrogen) atoms. The average molecular weight is 447 g/mol. The third-order valence-corrected chi connectivity index (χ3v) is 4.71. The number of likely N-dealkylation sites (N-methyl/N-ethyl adjacent to an activating group) is 1. The Balaban J connectivity index is 1.55. The summed E-state index contributed by atoms with van der Waals surface area (Å²) in [4.78, 5) is 26.4. The van der Waals surface area contributed by atoms with Gasteiger partial charge in [0, 0.05) is 23.8 Å². The molecule has 2 N–H and O–H groups in total. The number of carbonyl (C=O) groups excluding carboxylic acids is 2. The van der Waals surface area contributed by atoms with E-state index in [0.29, 0.717) is 24.4 Å². The second-order valence-corrected chi connectivity index (χ2v) is 7.64. The Morgan fingerprint density at radius 3 is 2.62 bits per heavy atom. The van der Waals surface area contributed by atoms with Crippen LogP contribution in [0.25, 0.3) is 0 Å². The van der Waals surface area contributed by atoms with Gasteiger partial charge < -0.3 is 20.1 Å². The monoisotopic (exact) mass is 447 g/mol. The smallest absolute Gasteiger partial charge is 0.387 e. The maximum atomic E-state index is 12.5. The molecule has 1 fully saturated rings. The van der Waals surface area contributed by atoms with Crippen LogP contribution in [0, 0.1) is 0 Å². The van der Waals surface area contributed by atoms with Crippen molar-refractivity contribution in [1.29, 1.82) is 0 Å². The largest absolute Gasteiger partial charge is 0.490 e. The number of amides is 2. The minimum atomic E-state index is -2.94. The van der Waals surface area contributed by atoms with E-state index in [2.05, 4.69) is 15.4 Å². The molecule has 7 nitrogen and oxygen atoms in total. The van der Waals surface area contributed by atoms with Gasteiger partial charge in [0.2, 0.25) is 5.91 Å². The van der Waals surface area contributed by atoms with Crippen molar-refractivity contribution in [3.63, 3.8) is 0 Å². The molecular formula is C23H27F2N3O4. The molecule has 2 aromatic rings. The third kappa shape index (κ3) is 7.19. The zero-order valence-electron chi connectivity index (χ0n) is 18.1. The fraction of sp³-hybridized carbons (Fsp3) is 0.391. The fourth-order valence-corrected chi connectivity index (χ4v) is 3.16. The summed E-state index contributed by atoms with van der Waals surface area (Å²) in [7, 11) is 1.77. The number of alkyl halides is 2. The van der Waals surface area contributed by atoms with Crippen LogP contribution in [0.1, 0.15) is 35.7 Å². The third-order valence-electron chi connectivity index (χ3n) is 4.71.